The predicted octanol–water partition coefficient (Wildman–Crippen LogP) is 3.18. The largest absolute Gasteiger partial charge is 0.495 e. The Morgan fingerprint density at radius 2 is 2.10 bits per heavy atom. The number of halogens is 2. The average Bonchev–Trinajstić information content (AvgIpc) is 2.87. The van der Waals surface area contributed by atoms with Gasteiger partial charge >= 0.3 is 0 Å². The summed E-state index contributed by atoms with van der Waals surface area (Å²) in [7, 11) is 1.57. The van der Waals surface area contributed by atoms with Crippen LogP contribution in [0.4, 0.5) is 11.5 Å². The number of rotatable bonds is 3. The van der Waals surface area contributed by atoms with Gasteiger partial charge in [0.05, 0.1) is 12.1 Å². The van der Waals surface area contributed by atoms with Crippen LogP contribution in [0.3, 0.4) is 0 Å². The second-order valence-electron chi connectivity index (χ2n) is 3.91. The molecular weight excluding hydrogens is 301 g/mol. The van der Waals surface area contributed by atoms with Crippen molar-refractivity contribution in [2.75, 3.05) is 12.4 Å². The van der Waals surface area contributed by atoms with E-state index in [4.69, 9.17) is 27.9 Å². The number of benzene rings is 1. The Hall–Kier alpha value is -2.05. The molecule has 0 bridgehead atoms. The van der Waals surface area contributed by atoms with E-state index in [1.807, 2.05) is 6.07 Å². The van der Waals surface area contributed by atoms with Crippen LogP contribution in [0.5, 0.6) is 5.75 Å². The van der Waals surface area contributed by atoms with E-state index in [2.05, 4.69) is 20.4 Å². The highest BCUT2D eigenvalue weighted by Crippen LogP contribution is 2.29. The van der Waals surface area contributed by atoms with Crippen molar-refractivity contribution in [3.05, 3.63) is 40.8 Å². The number of methoxy groups -OCH3 is 1. The molecule has 2 heterocycles. The van der Waals surface area contributed by atoms with Gasteiger partial charge in [0.2, 0.25) is 0 Å². The summed E-state index contributed by atoms with van der Waals surface area (Å²) in [5, 5.41) is 8.07. The fourth-order valence-electron chi connectivity index (χ4n) is 1.76. The normalized spacial score (nSPS) is 10.8. The Balaban J connectivity index is 2.00. The molecule has 1 aromatic carbocycles. The minimum Gasteiger partial charge on any atom is -0.495 e. The number of anilines is 2. The van der Waals surface area contributed by atoms with Gasteiger partial charge in [0, 0.05) is 11.8 Å². The predicted molar refractivity (Wildman–Crippen MR) is 77.1 cm³/mol. The Morgan fingerprint density at radius 3 is 2.85 bits per heavy atom. The van der Waals surface area contributed by atoms with Crippen molar-refractivity contribution in [3.63, 3.8) is 0 Å². The van der Waals surface area contributed by atoms with Gasteiger partial charge in [0.25, 0.3) is 5.78 Å². The molecular formula is C12H9Cl2N5O. The van der Waals surface area contributed by atoms with Crippen LogP contribution in [-0.4, -0.2) is 26.7 Å². The molecule has 0 aliphatic rings. The SMILES string of the molecule is COc1ccc(Nc2cc(Cl)nc3ncnn23)cc1Cl. The van der Waals surface area contributed by atoms with Gasteiger partial charge in [-0.05, 0) is 18.2 Å². The highest BCUT2D eigenvalue weighted by Gasteiger charge is 2.08. The molecule has 0 saturated carbocycles. The van der Waals surface area contributed by atoms with Gasteiger partial charge in [0.1, 0.15) is 23.0 Å². The zero-order chi connectivity index (χ0) is 14.1. The Labute approximate surface area is 124 Å². The number of fused-ring (bicyclic) bond motifs is 1. The summed E-state index contributed by atoms with van der Waals surface area (Å²) >= 11 is 12.0. The Bertz CT molecular complexity index is 774. The molecule has 0 aliphatic carbocycles. The molecule has 1 N–H and O–H groups in total. The summed E-state index contributed by atoms with van der Waals surface area (Å²) in [6, 6.07) is 7.01. The first-order valence-electron chi connectivity index (χ1n) is 5.64. The van der Waals surface area contributed by atoms with Crippen molar-refractivity contribution >= 4 is 40.5 Å². The standard InChI is InChI=1S/C12H9Cl2N5O/c1-20-9-3-2-7(4-8(9)13)17-11-5-10(14)18-12-15-6-16-19(11)12/h2-6,17H,1H3. The number of hydrogen-bond donors (Lipinski definition) is 1. The van der Waals surface area contributed by atoms with Gasteiger partial charge in [-0.25, -0.2) is 0 Å². The maximum atomic E-state index is 6.09. The highest BCUT2D eigenvalue weighted by molar-refractivity contribution is 6.32. The van der Waals surface area contributed by atoms with E-state index in [1.165, 1.54) is 6.33 Å². The van der Waals surface area contributed by atoms with E-state index in [0.29, 0.717) is 27.5 Å². The van der Waals surface area contributed by atoms with E-state index < -0.39 is 0 Å². The van der Waals surface area contributed by atoms with Crippen LogP contribution >= 0.6 is 23.2 Å². The smallest absolute Gasteiger partial charge is 0.255 e. The third-order valence-electron chi connectivity index (χ3n) is 2.64. The highest BCUT2D eigenvalue weighted by atomic mass is 35.5. The molecule has 102 valence electrons. The van der Waals surface area contributed by atoms with Crippen LogP contribution in [-0.2, 0) is 0 Å². The summed E-state index contributed by atoms with van der Waals surface area (Å²) in [5.41, 5.74) is 0.773. The second-order valence-corrected chi connectivity index (χ2v) is 4.70. The summed E-state index contributed by atoms with van der Waals surface area (Å²) in [5.74, 6) is 1.66. The van der Waals surface area contributed by atoms with Crippen molar-refractivity contribution in [2.24, 2.45) is 0 Å². The lowest BCUT2D eigenvalue weighted by molar-refractivity contribution is 0.415. The fourth-order valence-corrected chi connectivity index (χ4v) is 2.20. The third-order valence-corrected chi connectivity index (χ3v) is 3.13. The molecule has 3 rings (SSSR count). The van der Waals surface area contributed by atoms with E-state index in [-0.39, 0.29) is 0 Å². The van der Waals surface area contributed by atoms with Crippen LogP contribution < -0.4 is 10.1 Å². The van der Waals surface area contributed by atoms with Crippen LogP contribution in [0.1, 0.15) is 0 Å². The lowest BCUT2D eigenvalue weighted by atomic mass is 10.3. The number of nitrogens with zero attached hydrogens (tertiary/aromatic N) is 4. The molecule has 0 amide bonds. The van der Waals surface area contributed by atoms with E-state index in [0.717, 1.165) is 5.69 Å². The van der Waals surface area contributed by atoms with Gasteiger partial charge < -0.3 is 10.1 Å². The number of hydrogen-bond acceptors (Lipinski definition) is 5. The first-order chi connectivity index (χ1) is 9.67. The zero-order valence-corrected chi connectivity index (χ0v) is 11.9. The number of ether oxygens (including phenoxy) is 1. The van der Waals surface area contributed by atoms with Gasteiger partial charge in [-0.1, -0.05) is 23.2 Å². The van der Waals surface area contributed by atoms with Crippen molar-refractivity contribution in [2.45, 2.75) is 0 Å². The van der Waals surface area contributed by atoms with Crippen molar-refractivity contribution < 1.29 is 4.74 Å². The van der Waals surface area contributed by atoms with Gasteiger partial charge in [0.15, 0.2) is 0 Å². The van der Waals surface area contributed by atoms with Crippen molar-refractivity contribution in [1.82, 2.24) is 19.6 Å². The summed E-state index contributed by atoms with van der Waals surface area (Å²) < 4.78 is 6.65. The van der Waals surface area contributed by atoms with Crippen LogP contribution in [0.2, 0.25) is 10.2 Å². The molecule has 0 radical (unpaired) electrons. The van der Waals surface area contributed by atoms with Gasteiger partial charge in [-0.15, -0.1) is 0 Å². The first-order valence-corrected chi connectivity index (χ1v) is 6.40. The lowest BCUT2D eigenvalue weighted by Gasteiger charge is -2.10. The summed E-state index contributed by atoms with van der Waals surface area (Å²) in [6.07, 6.45) is 1.41. The minimum atomic E-state index is 0.326. The molecule has 20 heavy (non-hydrogen) atoms. The zero-order valence-electron chi connectivity index (χ0n) is 10.3. The minimum absolute atomic E-state index is 0.326. The quantitative estimate of drug-likeness (QED) is 0.753. The van der Waals surface area contributed by atoms with Crippen LogP contribution in [0.25, 0.3) is 5.78 Å². The monoisotopic (exact) mass is 309 g/mol. The van der Waals surface area contributed by atoms with E-state index in [9.17, 15) is 0 Å². The summed E-state index contributed by atoms with van der Waals surface area (Å²) in [6.45, 7) is 0. The molecule has 0 saturated heterocycles. The second kappa shape index (κ2) is 5.15. The van der Waals surface area contributed by atoms with Gasteiger partial charge in [-0.2, -0.15) is 19.6 Å². The molecule has 0 atom stereocenters. The van der Waals surface area contributed by atoms with E-state index in [1.54, 1.807) is 29.8 Å². The average molecular weight is 310 g/mol. The van der Waals surface area contributed by atoms with Crippen LogP contribution in [0, 0.1) is 0 Å². The molecule has 8 heteroatoms. The molecule has 6 nitrogen and oxygen atoms in total. The van der Waals surface area contributed by atoms with Crippen molar-refractivity contribution in [3.8, 4) is 5.75 Å². The first kappa shape index (κ1) is 13.0. The molecule has 0 fully saturated rings. The molecule has 3 aromatic rings. The molecule has 2 aromatic heterocycles. The van der Waals surface area contributed by atoms with Crippen molar-refractivity contribution in [1.29, 1.82) is 0 Å². The molecule has 0 spiro atoms. The number of nitrogens with one attached hydrogen (secondary N) is 1. The van der Waals surface area contributed by atoms with Gasteiger partial charge in [-0.3, -0.25) is 0 Å². The topological polar surface area (TPSA) is 64.3 Å². The van der Waals surface area contributed by atoms with E-state index >= 15 is 0 Å². The molecule has 0 aliphatic heterocycles. The Kier molecular flexibility index (Phi) is 3.33. The fraction of sp³-hybridized carbons (Fsp3) is 0.0833. The maximum absolute atomic E-state index is 6.09. The molecule has 0 unspecified atom stereocenters. The Morgan fingerprint density at radius 1 is 1.25 bits per heavy atom. The summed E-state index contributed by atoms with van der Waals surface area (Å²) in [4.78, 5) is 8.05. The number of aromatic nitrogens is 4. The lowest BCUT2D eigenvalue weighted by Crippen LogP contribution is -2.01. The third kappa shape index (κ3) is 2.35. The maximum Gasteiger partial charge on any atom is 0.255 e. The van der Waals surface area contributed by atoms with Crippen LogP contribution in [0.15, 0.2) is 30.6 Å².